The first-order chi connectivity index (χ1) is 11.3. The van der Waals surface area contributed by atoms with E-state index in [4.69, 9.17) is 4.74 Å². The van der Waals surface area contributed by atoms with Crippen molar-refractivity contribution in [3.05, 3.63) is 53.9 Å². The maximum atomic E-state index is 12.6. The minimum Gasteiger partial charge on any atom is -0.484 e. The lowest BCUT2D eigenvalue weighted by molar-refractivity contribution is -0.137. The molecule has 0 radical (unpaired) electrons. The van der Waals surface area contributed by atoms with Gasteiger partial charge in [-0.2, -0.15) is 13.2 Å². The summed E-state index contributed by atoms with van der Waals surface area (Å²) in [5, 5.41) is 0. The molecule has 1 heterocycles. The fourth-order valence-corrected chi connectivity index (χ4v) is 1.83. The molecule has 2 amide bonds. The number of aromatic nitrogens is 1. The summed E-state index contributed by atoms with van der Waals surface area (Å²) < 4.78 is 44.2. The molecule has 0 unspecified atom stereocenters. The fraction of sp³-hybridized carbons (Fsp3) is 0.200. The molecule has 2 N–H and O–H groups in total. The molecule has 128 valence electrons. The second-order valence-corrected chi connectivity index (χ2v) is 4.82. The van der Waals surface area contributed by atoms with Crippen molar-refractivity contribution in [1.29, 1.82) is 0 Å². The van der Waals surface area contributed by atoms with E-state index in [-0.39, 0.29) is 5.75 Å². The molecular formula is C15H14F3N3O3. The number of benzene rings is 1. The highest BCUT2D eigenvalue weighted by Gasteiger charge is 2.30. The highest BCUT2D eigenvalue weighted by Crippen LogP contribution is 2.31. The van der Waals surface area contributed by atoms with Crippen LogP contribution in [-0.4, -0.2) is 23.0 Å². The number of carbonyl (C=O) groups excluding carboxylic acids is 2. The lowest BCUT2D eigenvalue weighted by Gasteiger charge is -2.11. The summed E-state index contributed by atoms with van der Waals surface area (Å²) in [6.07, 6.45) is -2.84. The number of amides is 2. The van der Waals surface area contributed by atoms with E-state index < -0.39 is 30.2 Å². The molecule has 0 saturated heterocycles. The van der Waals surface area contributed by atoms with Gasteiger partial charge in [0.25, 0.3) is 11.8 Å². The van der Waals surface area contributed by atoms with Crippen LogP contribution in [0, 0.1) is 0 Å². The molecule has 0 atom stereocenters. The highest BCUT2D eigenvalue weighted by atomic mass is 19.4. The first-order valence-corrected chi connectivity index (χ1v) is 6.78. The van der Waals surface area contributed by atoms with Crippen LogP contribution in [0.3, 0.4) is 0 Å². The monoisotopic (exact) mass is 341 g/mol. The molecule has 0 bridgehead atoms. The molecule has 0 aliphatic carbocycles. The molecule has 0 fully saturated rings. The van der Waals surface area contributed by atoms with E-state index in [2.05, 4.69) is 10.9 Å². The molecule has 1 aromatic heterocycles. The zero-order chi connectivity index (χ0) is 17.7. The molecule has 2 aromatic rings. The number of ether oxygens (including phenoxy) is 1. The second kappa shape index (κ2) is 7.07. The average molecular weight is 341 g/mol. The zero-order valence-corrected chi connectivity index (χ0v) is 12.6. The van der Waals surface area contributed by atoms with Crippen LogP contribution in [0.4, 0.5) is 13.2 Å². The van der Waals surface area contributed by atoms with Crippen LogP contribution in [0.2, 0.25) is 0 Å². The van der Waals surface area contributed by atoms with Crippen molar-refractivity contribution in [2.45, 2.75) is 6.18 Å². The van der Waals surface area contributed by atoms with Gasteiger partial charge in [0.05, 0.1) is 5.56 Å². The Morgan fingerprint density at radius 3 is 2.54 bits per heavy atom. The van der Waals surface area contributed by atoms with Gasteiger partial charge in [0, 0.05) is 13.2 Å². The van der Waals surface area contributed by atoms with Gasteiger partial charge in [-0.3, -0.25) is 20.4 Å². The van der Waals surface area contributed by atoms with Crippen LogP contribution in [0.1, 0.15) is 16.1 Å². The number of hydrogen-bond donors (Lipinski definition) is 2. The molecule has 24 heavy (non-hydrogen) atoms. The summed E-state index contributed by atoms with van der Waals surface area (Å²) in [7, 11) is 1.66. The Hall–Kier alpha value is -2.97. The average Bonchev–Trinajstić information content (AvgIpc) is 2.96. The van der Waals surface area contributed by atoms with Crippen molar-refractivity contribution >= 4 is 11.8 Å². The van der Waals surface area contributed by atoms with Crippen molar-refractivity contribution < 1.29 is 27.5 Å². The summed E-state index contributed by atoms with van der Waals surface area (Å²) in [6.45, 7) is -0.547. The quantitative estimate of drug-likeness (QED) is 0.834. The Labute approximate surface area is 135 Å². The number of alkyl halides is 3. The van der Waals surface area contributed by atoms with Crippen LogP contribution in [0.15, 0.2) is 42.6 Å². The summed E-state index contributed by atoms with van der Waals surface area (Å²) in [4.78, 5) is 23.3. The maximum Gasteiger partial charge on any atom is 0.416 e. The van der Waals surface area contributed by atoms with Crippen LogP contribution in [-0.2, 0) is 18.0 Å². The molecule has 6 nitrogen and oxygen atoms in total. The Bertz CT molecular complexity index is 741. The van der Waals surface area contributed by atoms with Gasteiger partial charge in [0.2, 0.25) is 0 Å². The molecule has 0 aliphatic rings. The van der Waals surface area contributed by atoms with E-state index in [9.17, 15) is 22.8 Å². The number of nitrogens with one attached hydrogen (secondary N) is 2. The number of hydrogen-bond acceptors (Lipinski definition) is 3. The number of rotatable bonds is 4. The summed E-state index contributed by atoms with van der Waals surface area (Å²) in [5.41, 5.74) is 3.74. The lowest BCUT2D eigenvalue weighted by atomic mass is 10.2. The zero-order valence-electron chi connectivity index (χ0n) is 12.6. The van der Waals surface area contributed by atoms with Gasteiger partial charge < -0.3 is 9.30 Å². The van der Waals surface area contributed by atoms with E-state index in [0.717, 1.165) is 12.1 Å². The van der Waals surface area contributed by atoms with Crippen LogP contribution in [0.25, 0.3) is 0 Å². The largest absolute Gasteiger partial charge is 0.484 e. The van der Waals surface area contributed by atoms with Crippen LogP contribution >= 0.6 is 0 Å². The maximum absolute atomic E-state index is 12.6. The minimum absolute atomic E-state index is 0.103. The third kappa shape index (κ3) is 4.51. The molecule has 9 heteroatoms. The topological polar surface area (TPSA) is 72.4 Å². The Balaban J connectivity index is 1.83. The first kappa shape index (κ1) is 17.4. The molecule has 0 spiro atoms. The standard InChI is InChI=1S/C15H14F3N3O3/c1-21-7-3-6-12(21)14(23)20-19-13(22)9-24-11-5-2-4-10(8-11)15(16,17)18/h2-8H,9H2,1H3,(H,19,22)(H,20,23). The predicted molar refractivity (Wildman–Crippen MR) is 78.0 cm³/mol. The smallest absolute Gasteiger partial charge is 0.416 e. The van der Waals surface area contributed by atoms with Crippen molar-refractivity contribution in [1.82, 2.24) is 15.4 Å². The molecule has 1 aromatic carbocycles. The second-order valence-electron chi connectivity index (χ2n) is 4.82. The minimum atomic E-state index is -4.50. The summed E-state index contributed by atoms with van der Waals surface area (Å²) in [6, 6.07) is 7.37. The van der Waals surface area contributed by atoms with E-state index in [1.807, 2.05) is 0 Å². The number of hydrazine groups is 1. The SMILES string of the molecule is Cn1cccc1C(=O)NNC(=O)COc1cccc(C(F)(F)F)c1. The lowest BCUT2D eigenvalue weighted by Crippen LogP contribution is -2.44. The van der Waals surface area contributed by atoms with Gasteiger partial charge in [-0.05, 0) is 30.3 Å². The van der Waals surface area contributed by atoms with Crippen molar-refractivity contribution in [3.8, 4) is 5.75 Å². The highest BCUT2D eigenvalue weighted by molar-refractivity contribution is 5.94. The first-order valence-electron chi connectivity index (χ1n) is 6.78. The number of carbonyl (C=O) groups is 2. The van der Waals surface area contributed by atoms with Gasteiger partial charge >= 0.3 is 6.18 Å². The van der Waals surface area contributed by atoms with E-state index in [1.165, 1.54) is 12.1 Å². The number of nitrogens with zero attached hydrogens (tertiary/aromatic N) is 1. The summed E-state index contributed by atoms with van der Waals surface area (Å²) in [5.74, 6) is -1.35. The summed E-state index contributed by atoms with van der Waals surface area (Å²) >= 11 is 0. The Kier molecular flexibility index (Phi) is 5.12. The van der Waals surface area contributed by atoms with E-state index in [1.54, 1.807) is 29.9 Å². The predicted octanol–water partition coefficient (Wildman–Crippen LogP) is 1.88. The molecule has 0 saturated carbocycles. The van der Waals surface area contributed by atoms with Crippen molar-refractivity contribution in [2.75, 3.05) is 6.61 Å². The molecule has 2 rings (SSSR count). The normalized spacial score (nSPS) is 11.0. The molecular weight excluding hydrogens is 327 g/mol. The van der Waals surface area contributed by atoms with Gasteiger partial charge in [0.15, 0.2) is 6.61 Å². The van der Waals surface area contributed by atoms with Crippen LogP contribution in [0.5, 0.6) is 5.75 Å². The fourth-order valence-electron chi connectivity index (χ4n) is 1.83. The van der Waals surface area contributed by atoms with Crippen molar-refractivity contribution in [3.63, 3.8) is 0 Å². The van der Waals surface area contributed by atoms with Crippen molar-refractivity contribution in [2.24, 2.45) is 7.05 Å². The number of halogens is 3. The Morgan fingerprint density at radius 1 is 1.17 bits per heavy atom. The van der Waals surface area contributed by atoms with Gasteiger partial charge in [0.1, 0.15) is 11.4 Å². The van der Waals surface area contributed by atoms with Crippen LogP contribution < -0.4 is 15.6 Å². The van der Waals surface area contributed by atoms with E-state index in [0.29, 0.717) is 5.69 Å². The molecule has 0 aliphatic heterocycles. The van der Waals surface area contributed by atoms with Gasteiger partial charge in [-0.25, -0.2) is 0 Å². The Morgan fingerprint density at radius 2 is 1.92 bits per heavy atom. The van der Waals surface area contributed by atoms with Gasteiger partial charge in [-0.1, -0.05) is 6.07 Å². The number of aryl methyl sites for hydroxylation is 1. The van der Waals surface area contributed by atoms with E-state index >= 15 is 0 Å². The third-order valence-corrected chi connectivity index (χ3v) is 3.02. The van der Waals surface area contributed by atoms with Gasteiger partial charge in [-0.15, -0.1) is 0 Å². The third-order valence-electron chi connectivity index (χ3n) is 3.02.